The first-order chi connectivity index (χ1) is 12.9. The Hall–Kier alpha value is -2.89. The van der Waals surface area contributed by atoms with Crippen molar-refractivity contribution in [3.05, 3.63) is 65.5 Å². The van der Waals surface area contributed by atoms with Crippen LogP contribution >= 0.6 is 0 Å². The number of ether oxygens (including phenoxy) is 1. The van der Waals surface area contributed by atoms with Crippen LogP contribution in [0, 0.1) is 11.7 Å². The quantitative estimate of drug-likeness (QED) is 0.749. The SMILES string of the molecule is COc1ccccc1CCNC(=O)C(NC(=O)c1ccc(F)cc1)C(C)C. The third-order valence-corrected chi connectivity index (χ3v) is 4.23. The molecule has 2 N–H and O–H groups in total. The summed E-state index contributed by atoms with van der Waals surface area (Å²) in [7, 11) is 1.61. The van der Waals surface area contributed by atoms with Crippen LogP contribution in [-0.4, -0.2) is 31.5 Å². The van der Waals surface area contributed by atoms with Gasteiger partial charge in [0.2, 0.25) is 5.91 Å². The summed E-state index contributed by atoms with van der Waals surface area (Å²) >= 11 is 0. The Morgan fingerprint density at radius 3 is 2.37 bits per heavy atom. The molecule has 0 saturated carbocycles. The molecule has 2 aromatic rings. The normalized spacial score (nSPS) is 11.7. The highest BCUT2D eigenvalue weighted by Gasteiger charge is 2.24. The van der Waals surface area contributed by atoms with Crippen LogP contribution in [0.3, 0.4) is 0 Å². The van der Waals surface area contributed by atoms with E-state index in [0.717, 1.165) is 11.3 Å². The van der Waals surface area contributed by atoms with Crippen LogP contribution in [0.15, 0.2) is 48.5 Å². The molecule has 0 saturated heterocycles. The molecule has 0 bridgehead atoms. The third-order valence-electron chi connectivity index (χ3n) is 4.23. The van der Waals surface area contributed by atoms with E-state index in [1.807, 2.05) is 38.1 Å². The second-order valence-corrected chi connectivity index (χ2v) is 6.55. The van der Waals surface area contributed by atoms with Gasteiger partial charge in [-0.15, -0.1) is 0 Å². The molecule has 2 aromatic carbocycles. The van der Waals surface area contributed by atoms with Crippen LogP contribution in [-0.2, 0) is 11.2 Å². The lowest BCUT2D eigenvalue weighted by Crippen LogP contribution is -2.50. The van der Waals surface area contributed by atoms with E-state index in [1.165, 1.54) is 24.3 Å². The highest BCUT2D eigenvalue weighted by atomic mass is 19.1. The van der Waals surface area contributed by atoms with Gasteiger partial charge in [0.25, 0.3) is 5.91 Å². The number of benzene rings is 2. The van der Waals surface area contributed by atoms with E-state index in [2.05, 4.69) is 10.6 Å². The Bertz CT molecular complexity index is 775. The lowest BCUT2D eigenvalue weighted by molar-refractivity contribution is -0.123. The summed E-state index contributed by atoms with van der Waals surface area (Å²) in [6.07, 6.45) is 0.618. The van der Waals surface area contributed by atoms with Crippen LogP contribution in [0.1, 0.15) is 29.8 Å². The van der Waals surface area contributed by atoms with Crippen molar-refractivity contribution in [2.45, 2.75) is 26.3 Å². The molecule has 0 aromatic heterocycles. The lowest BCUT2D eigenvalue weighted by atomic mass is 10.0. The number of methoxy groups -OCH3 is 1. The average Bonchev–Trinajstić information content (AvgIpc) is 2.66. The molecule has 1 unspecified atom stereocenters. The van der Waals surface area contributed by atoms with Gasteiger partial charge in [-0.25, -0.2) is 4.39 Å². The average molecular weight is 372 g/mol. The number of nitrogens with one attached hydrogen (secondary N) is 2. The predicted octanol–water partition coefficient (Wildman–Crippen LogP) is 2.95. The Morgan fingerprint density at radius 2 is 1.74 bits per heavy atom. The molecule has 2 rings (SSSR count). The van der Waals surface area contributed by atoms with Gasteiger partial charge in [-0.05, 0) is 48.2 Å². The number of amides is 2. The number of carbonyl (C=O) groups is 2. The van der Waals surface area contributed by atoms with Crippen molar-refractivity contribution in [2.24, 2.45) is 5.92 Å². The topological polar surface area (TPSA) is 67.4 Å². The minimum atomic E-state index is -0.680. The molecule has 0 heterocycles. The van der Waals surface area contributed by atoms with Crippen LogP contribution in [0.2, 0.25) is 0 Å². The fourth-order valence-corrected chi connectivity index (χ4v) is 2.70. The standard InChI is InChI=1S/C21H25FN2O3/c1-14(2)19(24-20(25)16-8-10-17(22)11-9-16)21(26)23-13-12-15-6-4-5-7-18(15)27-3/h4-11,14,19H,12-13H2,1-3H3,(H,23,26)(H,24,25). The van der Waals surface area contributed by atoms with Crippen molar-refractivity contribution in [1.29, 1.82) is 0 Å². The third kappa shape index (κ3) is 5.81. The van der Waals surface area contributed by atoms with Crippen LogP contribution in [0.4, 0.5) is 4.39 Å². The molecule has 0 radical (unpaired) electrons. The maximum absolute atomic E-state index is 13.0. The van der Waals surface area contributed by atoms with Crippen molar-refractivity contribution in [3.63, 3.8) is 0 Å². The Kier molecular flexibility index (Phi) is 7.34. The van der Waals surface area contributed by atoms with Gasteiger partial charge in [0.15, 0.2) is 0 Å². The van der Waals surface area contributed by atoms with Gasteiger partial charge in [0, 0.05) is 12.1 Å². The Balaban J connectivity index is 1.94. The van der Waals surface area contributed by atoms with Gasteiger partial charge in [0.05, 0.1) is 7.11 Å². The number of hydrogen-bond acceptors (Lipinski definition) is 3. The molecule has 0 aliphatic rings. The van der Waals surface area contributed by atoms with E-state index >= 15 is 0 Å². The molecular formula is C21H25FN2O3. The molecule has 1 atom stereocenters. The van der Waals surface area contributed by atoms with Gasteiger partial charge in [0.1, 0.15) is 17.6 Å². The summed E-state index contributed by atoms with van der Waals surface area (Å²) < 4.78 is 18.3. The zero-order chi connectivity index (χ0) is 19.8. The minimum Gasteiger partial charge on any atom is -0.496 e. The van der Waals surface area contributed by atoms with E-state index in [0.29, 0.717) is 18.5 Å². The largest absolute Gasteiger partial charge is 0.496 e. The number of rotatable bonds is 8. The molecule has 0 spiro atoms. The number of halogens is 1. The van der Waals surface area contributed by atoms with Crippen molar-refractivity contribution >= 4 is 11.8 Å². The Morgan fingerprint density at radius 1 is 1.07 bits per heavy atom. The molecular weight excluding hydrogens is 347 g/mol. The second-order valence-electron chi connectivity index (χ2n) is 6.55. The molecule has 6 heteroatoms. The first-order valence-electron chi connectivity index (χ1n) is 8.88. The van der Waals surface area contributed by atoms with E-state index < -0.39 is 17.8 Å². The molecule has 144 valence electrons. The van der Waals surface area contributed by atoms with E-state index in [-0.39, 0.29) is 11.8 Å². The minimum absolute atomic E-state index is 0.0966. The predicted molar refractivity (Wildman–Crippen MR) is 102 cm³/mol. The van der Waals surface area contributed by atoms with Crippen molar-refractivity contribution in [3.8, 4) is 5.75 Å². The number of para-hydroxylation sites is 1. The summed E-state index contributed by atoms with van der Waals surface area (Å²) in [4.78, 5) is 24.9. The van der Waals surface area contributed by atoms with Crippen molar-refractivity contribution in [1.82, 2.24) is 10.6 Å². The number of hydrogen-bond donors (Lipinski definition) is 2. The fraction of sp³-hybridized carbons (Fsp3) is 0.333. The molecule has 27 heavy (non-hydrogen) atoms. The smallest absolute Gasteiger partial charge is 0.251 e. The van der Waals surface area contributed by atoms with E-state index in [1.54, 1.807) is 7.11 Å². The van der Waals surface area contributed by atoms with Crippen LogP contribution in [0.5, 0.6) is 5.75 Å². The molecule has 0 fully saturated rings. The van der Waals surface area contributed by atoms with Crippen LogP contribution in [0.25, 0.3) is 0 Å². The highest BCUT2D eigenvalue weighted by Crippen LogP contribution is 2.17. The fourth-order valence-electron chi connectivity index (χ4n) is 2.70. The first-order valence-corrected chi connectivity index (χ1v) is 8.88. The lowest BCUT2D eigenvalue weighted by Gasteiger charge is -2.22. The van der Waals surface area contributed by atoms with E-state index in [9.17, 15) is 14.0 Å². The monoisotopic (exact) mass is 372 g/mol. The molecule has 5 nitrogen and oxygen atoms in total. The van der Waals surface area contributed by atoms with Crippen molar-refractivity contribution < 1.29 is 18.7 Å². The summed E-state index contributed by atoms with van der Waals surface area (Å²) in [6.45, 7) is 4.14. The zero-order valence-corrected chi connectivity index (χ0v) is 15.8. The molecule has 0 aliphatic carbocycles. The summed E-state index contributed by atoms with van der Waals surface area (Å²) in [5, 5.41) is 5.59. The molecule has 2 amide bonds. The first kappa shape index (κ1) is 20.4. The van der Waals surface area contributed by atoms with Gasteiger partial charge in [-0.3, -0.25) is 9.59 Å². The zero-order valence-electron chi connectivity index (χ0n) is 15.8. The molecule has 0 aliphatic heterocycles. The second kappa shape index (κ2) is 9.71. The highest BCUT2D eigenvalue weighted by molar-refractivity contribution is 5.97. The van der Waals surface area contributed by atoms with Gasteiger partial charge in [-0.2, -0.15) is 0 Å². The van der Waals surface area contributed by atoms with Gasteiger partial charge >= 0.3 is 0 Å². The Labute approximate surface area is 158 Å². The summed E-state index contributed by atoms with van der Waals surface area (Å²) in [5.41, 5.74) is 1.31. The van der Waals surface area contributed by atoms with Gasteiger partial charge in [-0.1, -0.05) is 32.0 Å². The maximum Gasteiger partial charge on any atom is 0.251 e. The summed E-state index contributed by atoms with van der Waals surface area (Å²) in [6, 6.07) is 12.2. The van der Waals surface area contributed by atoms with Crippen molar-refractivity contribution in [2.75, 3.05) is 13.7 Å². The number of carbonyl (C=O) groups excluding carboxylic acids is 2. The van der Waals surface area contributed by atoms with Gasteiger partial charge < -0.3 is 15.4 Å². The maximum atomic E-state index is 13.0. The van der Waals surface area contributed by atoms with Crippen LogP contribution < -0.4 is 15.4 Å². The summed E-state index contributed by atoms with van der Waals surface area (Å²) in [5.74, 6) is -0.401. The van der Waals surface area contributed by atoms with E-state index in [4.69, 9.17) is 4.74 Å².